The lowest BCUT2D eigenvalue weighted by atomic mass is 10.2. The molecule has 4 nitrogen and oxygen atoms in total. The van der Waals surface area contributed by atoms with Crippen LogP contribution in [0.15, 0.2) is 11.6 Å². The molecule has 0 aromatic heterocycles. The van der Waals surface area contributed by atoms with Gasteiger partial charge in [0.2, 0.25) is 0 Å². The highest BCUT2D eigenvalue weighted by Gasteiger charge is 2.08. The van der Waals surface area contributed by atoms with Gasteiger partial charge in [0.05, 0.1) is 19.1 Å². The summed E-state index contributed by atoms with van der Waals surface area (Å²) < 4.78 is 4.60. The molecule has 0 aliphatic carbocycles. The summed E-state index contributed by atoms with van der Waals surface area (Å²) in [5, 5.41) is 8.72. The smallest absolute Gasteiger partial charge is 0.333 e. The maximum absolute atomic E-state index is 11.1. The monoisotopic (exact) mass is 224 g/mol. The minimum atomic E-state index is -0.301. The van der Waals surface area contributed by atoms with E-state index in [1.165, 1.54) is 7.11 Å². The van der Waals surface area contributed by atoms with E-state index in [0.29, 0.717) is 12.1 Å². The molecule has 0 heterocycles. The highest BCUT2D eigenvalue weighted by Crippen LogP contribution is 2.01. The van der Waals surface area contributed by atoms with Crippen molar-refractivity contribution in [3.63, 3.8) is 0 Å². The van der Waals surface area contributed by atoms with Crippen molar-refractivity contribution in [1.82, 2.24) is 4.90 Å². The first-order valence-electron chi connectivity index (χ1n) is 5.42. The Kier molecular flexibility index (Phi) is 7.23. The number of ether oxygens (including phenoxy) is 1. The van der Waals surface area contributed by atoms with Crippen LogP contribution in [0.4, 0.5) is 0 Å². The number of nitriles is 1. The van der Waals surface area contributed by atoms with E-state index in [-0.39, 0.29) is 11.9 Å². The molecule has 0 saturated heterocycles. The molecule has 0 aliphatic heterocycles. The molecule has 0 N–H and O–H groups in total. The van der Waals surface area contributed by atoms with Crippen LogP contribution in [0.3, 0.4) is 0 Å². The topological polar surface area (TPSA) is 53.3 Å². The van der Waals surface area contributed by atoms with E-state index >= 15 is 0 Å². The van der Waals surface area contributed by atoms with Crippen molar-refractivity contribution < 1.29 is 9.53 Å². The van der Waals surface area contributed by atoms with Crippen LogP contribution in [0.2, 0.25) is 0 Å². The zero-order valence-corrected chi connectivity index (χ0v) is 10.5. The third-order valence-corrected chi connectivity index (χ3v) is 2.36. The Hall–Kier alpha value is -1.34. The molecule has 0 amide bonds. The molecule has 0 aliphatic rings. The van der Waals surface area contributed by atoms with Gasteiger partial charge >= 0.3 is 5.97 Å². The van der Waals surface area contributed by atoms with Crippen LogP contribution in [-0.4, -0.2) is 37.6 Å². The quantitative estimate of drug-likeness (QED) is 0.508. The van der Waals surface area contributed by atoms with Gasteiger partial charge in [-0.15, -0.1) is 0 Å². The van der Waals surface area contributed by atoms with E-state index in [2.05, 4.69) is 15.7 Å². The number of carbonyl (C=O) groups excluding carboxylic acids is 1. The molecule has 0 saturated carbocycles. The number of likely N-dealkylation sites (N-methyl/N-ethyl adjacent to an activating group) is 1. The zero-order valence-electron chi connectivity index (χ0n) is 10.5. The molecule has 0 aromatic carbocycles. The second-order valence-corrected chi connectivity index (χ2v) is 3.76. The van der Waals surface area contributed by atoms with Crippen LogP contribution >= 0.6 is 0 Å². The van der Waals surface area contributed by atoms with E-state index in [0.717, 1.165) is 13.1 Å². The van der Waals surface area contributed by atoms with Crippen LogP contribution in [0.1, 0.15) is 20.8 Å². The first-order valence-corrected chi connectivity index (χ1v) is 5.42. The summed E-state index contributed by atoms with van der Waals surface area (Å²) in [7, 11) is 1.37. The van der Waals surface area contributed by atoms with Gasteiger partial charge in [-0.1, -0.05) is 13.0 Å². The Labute approximate surface area is 97.5 Å². The number of nitrogens with zero attached hydrogens (tertiary/aromatic N) is 2. The number of methoxy groups -OCH3 is 1. The number of hydrogen-bond donors (Lipinski definition) is 0. The maximum Gasteiger partial charge on any atom is 0.333 e. The van der Waals surface area contributed by atoms with E-state index in [1.54, 1.807) is 6.92 Å². The average Bonchev–Trinajstić information content (AvgIpc) is 2.32. The zero-order chi connectivity index (χ0) is 12.6. The summed E-state index contributed by atoms with van der Waals surface area (Å²) in [5.41, 5.74) is 0.602. The average molecular weight is 224 g/mol. The Morgan fingerprint density at radius 2 is 2.25 bits per heavy atom. The summed E-state index contributed by atoms with van der Waals surface area (Å²) in [6.45, 7) is 7.90. The number of esters is 1. The van der Waals surface area contributed by atoms with Gasteiger partial charge in [-0.25, -0.2) is 4.79 Å². The van der Waals surface area contributed by atoms with Crippen molar-refractivity contribution in [3.05, 3.63) is 11.6 Å². The van der Waals surface area contributed by atoms with Crippen LogP contribution < -0.4 is 0 Å². The molecule has 90 valence electrons. The first kappa shape index (κ1) is 14.7. The van der Waals surface area contributed by atoms with Crippen molar-refractivity contribution in [2.45, 2.75) is 20.8 Å². The van der Waals surface area contributed by atoms with E-state index in [1.807, 2.05) is 19.9 Å². The van der Waals surface area contributed by atoms with Gasteiger partial charge < -0.3 is 4.74 Å². The van der Waals surface area contributed by atoms with Crippen LogP contribution in [0.5, 0.6) is 0 Å². The Balaban J connectivity index is 4.24. The standard InChI is InChI=1S/C12H20N2O2/c1-5-14(9-10(2)8-13)7-6-11(3)12(15)16-4/h6,10H,5,7,9H2,1-4H3. The normalized spacial score (nSPS) is 13.4. The fourth-order valence-electron chi connectivity index (χ4n) is 1.27. The van der Waals surface area contributed by atoms with Crippen LogP contribution in [0.25, 0.3) is 0 Å². The molecular weight excluding hydrogens is 204 g/mol. The molecular formula is C12H20N2O2. The number of rotatable bonds is 6. The fraction of sp³-hybridized carbons (Fsp3) is 0.667. The summed E-state index contributed by atoms with van der Waals surface area (Å²) in [5.74, 6) is -0.295. The molecule has 1 unspecified atom stereocenters. The molecule has 0 aromatic rings. The van der Waals surface area contributed by atoms with Gasteiger partial charge in [0, 0.05) is 18.7 Å². The Morgan fingerprint density at radius 1 is 1.62 bits per heavy atom. The fourth-order valence-corrected chi connectivity index (χ4v) is 1.27. The Morgan fingerprint density at radius 3 is 2.69 bits per heavy atom. The van der Waals surface area contributed by atoms with Gasteiger partial charge in [0.15, 0.2) is 0 Å². The SMILES string of the molecule is CCN(CC=C(C)C(=O)OC)CC(C)C#N. The number of hydrogen-bond acceptors (Lipinski definition) is 4. The summed E-state index contributed by atoms with van der Waals surface area (Å²) in [4.78, 5) is 13.2. The van der Waals surface area contributed by atoms with Gasteiger partial charge in [-0.3, -0.25) is 4.90 Å². The Bertz CT molecular complexity index is 292. The largest absolute Gasteiger partial charge is 0.466 e. The molecule has 0 rings (SSSR count). The molecule has 0 spiro atoms. The van der Waals surface area contributed by atoms with Crippen molar-refractivity contribution in [1.29, 1.82) is 5.26 Å². The minimum Gasteiger partial charge on any atom is -0.466 e. The van der Waals surface area contributed by atoms with Gasteiger partial charge in [-0.05, 0) is 20.4 Å². The third-order valence-electron chi connectivity index (χ3n) is 2.36. The summed E-state index contributed by atoms with van der Waals surface area (Å²) in [6.07, 6.45) is 1.83. The van der Waals surface area contributed by atoms with E-state index in [4.69, 9.17) is 5.26 Å². The second kappa shape index (κ2) is 7.89. The lowest BCUT2D eigenvalue weighted by Gasteiger charge is -2.19. The van der Waals surface area contributed by atoms with Crippen molar-refractivity contribution in [2.75, 3.05) is 26.7 Å². The highest BCUT2D eigenvalue weighted by molar-refractivity contribution is 5.87. The maximum atomic E-state index is 11.1. The summed E-state index contributed by atoms with van der Waals surface area (Å²) in [6, 6.07) is 2.20. The molecule has 0 bridgehead atoms. The van der Waals surface area contributed by atoms with Gasteiger partial charge in [0.1, 0.15) is 0 Å². The molecule has 0 fully saturated rings. The van der Waals surface area contributed by atoms with Crippen molar-refractivity contribution in [3.8, 4) is 6.07 Å². The highest BCUT2D eigenvalue weighted by atomic mass is 16.5. The van der Waals surface area contributed by atoms with E-state index in [9.17, 15) is 4.79 Å². The first-order chi connectivity index (χ1) is 7.54. The predicted molar refractivity (Wildman–Crippen MR) is 62.7 cm³/mol. The van der Waals surface area contributed by atoms with E-state index < -0.39 is 0 Å². The van der Waals surface area contributed by atoms with Crippen molar-refractivity contribution >= 4 is 5.97 Å². The van der Waals surface area contributed by atoms with Crippen LogP contribution in [-0.2, 0) is 9.53 Å². The third kappa shape index (κ3) is 5.52. The van der Waals surface area contributed by atoms with Gasteiger partial charge in [0.25, 0.3) is 0 Å². The molecule has 16 heavy (non-hydrogen) atoms. The van der Waals surface area contributed by atoms with Crippen LogP contribution in [0, 0.1) is 17.2 Å². The number of carbonyl (C=O) groups is 1. The predicted octanol–water partition coefficient (Wildman–Crippen LogP) is 1.59. The van der Waals surface area contributed by atoms with Gasteiger partial charge in [-0.2, -0.15) is 5.26 Å². The lowest BCUT2D eigenvalue weighted by molar-refractivity contribution is -0.136. The molecule has 0 radical (unpaired) electrons. The van der Waals surface area contributed by atoms with Crippen molar-refractivity contribution in [2.24, 2.45) is 5.92 Å². The molecule has 4 heteroatoms. The minimum absolute atomic E-state index is 0.00628. The summed E-state index contributed by atoms with van der Waals surface area (Å²) >= 11 is 0. The lowest BCUT2D eigenvalue weighted by Crippen LogP contribution is -2.28. The second-order valence-electron chi connectivity index (χ2n) is 3.76. The molecule has 1 atom stereocenters.